The summed E-state index contributed by atoms with van der Waals surface area (Å²) in [6, 6.07) is 8.53. The molecular formula is C46H67CoN2O6-. The van der Waals surface area contributed by atoms with Crippen LogP contribution in [0.4, 0.5) is 0 Å². The first-order valence-electron chi connectivity index (χ1n) is 19.4. The standard InChI is InChI=1S/C36H54N2O2.C10H13O4.Co/c1-33(2,3)25-17-23(31(39)27(19-25)35(7,8)9)21-37-29-15-13-14-16-30(29)38-22-24-18-26(34(4,5)6)20-28(32(24)40)36(10,11)12;1-13-9(11)7-5-3-4-6-8(7)10(12)14-2;/h17-22,29-30,39-40H,13-16H2,1-12H3;3,7-8H,5-6H2,1-2H3;/q;-1;/t29-,30-;7-,8-;/m10./s1. The number of esters is 2. The van der Waals surface area contributed by atoms with Crippen molar-refractivity contribution in [2.75, 3.05) is 14.2 Å². The van der Waals surface area contributed by atoms with Gasteiger partial charge in [0.25, 0.3) is 0 Å². The van der Waals surface area contributed by atoms with Gasteiger partial charge in [-0.15, -0.1) is 0 Å². The van der Waals surface area contributed by atoms with Gasteiger partial charge in [0.2, 0.25) is 0 Å². The van der Waals surface area contributed by atoms with Crippen LogP contribution in [-0.2, 0) is 57.5 Å². The van der Waals surface area contributed by atoms with Crippen LogP contribution in [0.1, 0.15) is 155 Å². The van der Waals surface area contributed by atoms with Gasteiger partial charge >= 0.3 is 11.9 Å². The molecule has 2 aliphatic rings. The van der Waals surface area contributed by atoms with Gasteiger partial charge in [-0.25, -0.2) is 0 Å². The van der Waals surface area contributed by atoms with Gasteiger partial charge in [0.1, 0.15) is 11.5 Å². The Hall–Kier alpha value is -3.43. The van der Waals surface area contributed by atoms with Crippen molar-refractivity contribution in [3.05, 3.63) is 69.8 Å². The second-order valence-electron chi connectivity index (χ2n) is 19.0. The van der Waals surface area contributed by atoms with E-state index < -0.39 is 11.8 Å². The second-order valence-corrected chi connectivity index (χ2v) is 19.0. The maximum Gasteiger partial charge on any atom is 0.309 e. The first-order valence-corrected chi connectivity index (χ1v) is 19.4. The van der Waals surface area contributed by atoms with Crippen molar-refractivity contribution < 1.29 is 46.1 Å². The maximum absolute atomic E-state index is 11.3. The van der Waals surface area contributed by atoms with E-state index in [-0.39, 0.29) is 62.5 Å². The third-order valence-electron chi connectivity index (χ3n) is 10.5. The van der Waals surface area contributed by atoms with Crippen molar-refractivity contribution in [1.29, 1.82) is 0 Å². The molecule has 1 saturated carbocycles. The van der Waals surface area contributed by atoms with E-state index in [0.29, 0.717) is 24.3 Å². The Bertz CT molecular complexity index is 1590. The number of phenols is 2. The van der Waals surface area contributed by atoms with E-state index >= 15 is 0 Å². The molecule has 0 amide bonds. The number of nitrogens with zero attached hydrogens (tertiary/aromatic N) is 2. The summed E-state index contributed by atoms with van der Waals surface area (Å²) in [7, 11) is 2.63. The molecule has 4 rings (SSSR count). The van der Waals surface area contributed by atoms with Crippen LogP contribution in [-0.4, -0.2) is 60.9 Å². The van der Waals surface area contributed by atoms with Gasteiger partial charge in [0.05, 0.1) is 32.2 Å². The van der Waals surface area contributed by atoms with Crippen molar-refractivity contribution in [3.63, 3.8) is 0 Å². The number of carbonyl (C=O) groups excluding carboxylic acids is 2. The monoisotopic (exact) mass is 802 g/mol. The summed E-state index contributed by atoms with van der Waals surface area (Å²) in [6.45, 7) is 26.0. The van der Waals surface area contributed by atoms with E-state index in [2.05, 4.69) is 123 Å². The number of carbonyl (C=O) groups is 2. The summed E-state index contributed by atoms with van der Waals surface area (Å²) in [4.78, 5) is 32.7. The molecule has 55 heavy (non-hydrogen) atoms. The first-order chi connectivity index (χ1) is 24.9. The minimum absolute atomic E-state index is 0. The van der Waals surface area contributed by atoms with Crippen LogP contribution >= 0.6 is 0 Å². The van der Waals surface area contributed by atoms with Crippen molar-refractivity contribution in [1.82, 2.24) is 0 Å². The number of methoxy groups -OCH3 is 2. The summed E-state index contributed by atoms with van der Waals surface area (Å²) in [5.74, 6) is -0.970. The van der Waals surface area contributed by atoms with Gasteiger partial charge in [-0.3, -0.25) is 25.6 Å². The van der Waals surface area contributed by atoms with Crippen LogP contribution in [0.25, 0.3) is 0 Å². The molecule has 0 aromatic heterocycles. The zero-order chi connectivity index (χ0) is 40.8. The SMILES string of the molecule is CC(C)(C)c1cc(C=N[C@@H]2CCCC[C@H]2N=Cc2cc(C(C)(C)C)cc(C(C)(C)C)c2O)c(O)c(C(C)(C)C)c1.COC(=O)[C@H]1C[C-]=CC[C@@H]1C(=O)OC.[Co]. The predicted octanol–water partition coefficient (Wildman–Crippen LogP) is 9.85. The Morgan fingerprint density at radius 2 is 1.04 bits per heavy atom. The molecule has 2 N–H and O–H groups in total. The smallest absolute Gasteiger partial charge is 0.309 e. The van der Waals surface area contributed by atoms with Crippen LogP contribution in [0.15, 0.2) is 40.3 Å². The first kappa shape index (κ1) is 47.7. The average Bonchev–Trinajstić information content (AvgIpc) is 3.08. The summed E-state index contributed by atoms with van der Waals surface area (Å²) in [5, 5.41) is 22.5. The Balaban J connectivity index is 0.000000586. The van der Waals surface area contributed by atoms with Crippen molar-refractivity contribution in [2.24, 2.45) is 21.8 Å². The zero-order valence-electron chi connectivity index (χ0n) is 35.8. The van der Waals surface area contributed by atoms with Crippen LogP contribution < -0.4 is 0 Å². The normalized spacial score (nSPS) is 20.8. The molecule has 4 atom stereocenters. The molecule has 2 aliphatic carbocycles. The average molecular weight is 803 g/mol. The van der Waals surface area contributed by atoms with Gasteiger partial charge in [0.15, 0.2) is 0 Å². The van der Waals surface area contributed by atoms with E-state index in [0.717, 1.165) is 47.9 Å². The number of hydrogen-bond donors (Lipinski definition) is 2. The molecule has 2 aromatic carbocycles. The summed E-state index contributed by atoms with van der Waals surface area (Å²) >= 11 is 0. The molecule has 1 fully saturated rings. The van der Waals surface area contributed by atoms with Gasteiger partial charge < -0.3 is 25.8 Å². The molecule has 0 bridgehead atoms. The van der Waals surface area contributed by atoms with E-state index in [9.17, 15) is 19.8 Å². The Morgan fingerprint density at radius 1 is 0.655 bits per heavy atom. The quantitative estimate of drug-likeness (QED) is 0.171. The molecule has 307 valence electrons. The second kappa shape index (κ2) is 19.1. The molecule has 8 nitrogen and oxygen atoms in total. The van der Waals surface area contributed by atoms with Crippen LogP contribution in [0.3, 0.4) is 0 Å². The number of ether oxygens (including phenoxy) is 2. The Labute approximate surface area is 341 Å². The van der Waals surface area contributed by atoms with E-state index in [1.165, 1.54) is 25.3 Å². The molecule has 9 heteroatoms. The molecule has 2 aromatic rings. The van der Waals surface area contributed by atoms with Crippen molar-refractivity contribution in [2.45, 2.75) is 155 Å². The van der Waals surface area contributed by atoms with Gasteiger partial charge in [-0.2, -0.15) is 6.42 Å². The van der Waals surface area contributed by atoms with Gasteiger partial charge in [-0.05, 0) is 57.8 Å². The van der Waals surface area contributed by atoms with E-state index in [1.807, 2.05) is 12.4 Å². The van der Waals surface area contributed by atoms with Crippen LogP contribution in [0.5, 0.6) is 11.5 Å². The number of hydrogen-bond acceptors (Lipinski definition) is 8. The Morgan fingerprint density at radius 3 is 1.38 bits per heavy atom. The minimum atomic E-state index is -0.447. The molecule has 0 unspecified atom stereocenters. The van der Waals surface area contributed by atoms with Gasteiger partial charge in [0, 0.05) is 57.4 Å². The molecule has 0 heterocycles. The summed E-state index contributed by atoms with van der Waals surface area (Å²) in [6.07, 6.45) is 13.5. The zero-order valence-corrected chi connectivity index (χ0v) is 36.9. The molecule has 0 spiro atoms. The largest absolute Gasteiger partial charge is 0.507 e. The van der Waals surface area contributed by atoms with Crippen molar-refractivity contribution >= 4 is 24.4 Å². The van der Waals surface area contributed by atoms with Crippen LogP contribution in [0, 0.1) is 17.9 Å². The number of benzene rings is 2. The topological polar surface area (TPSA) is 118 Å². The summed E-state index contributed by atoms with van der Waals surface area (Å²) < 4.78 is 9.23. The van der Waals surface area contributed by atoms with Crippen LogP contribution in [0.2, 0.25) is 0 Å². The number of aromatic hydroxyl groups is 2. The van der Waals surface area contributed by atoms with E-state index in [4.69, 9.17) is 9.98 Å². The summed E-state index contributed by atoms with van der Waals surface area (Å²) in [5.41, 5.74) is 5.39. The predicted molar refractivity (Wildman–Crippen MR) is 220 cm³/mol. The Kier molecular flexibility index (Phi) is 16.6. The molecule has 1 radical (unpaired) electrons. The number of phenolic OH excluding ortho intramolecular Hbond substituents is 2. The fourth-order valence-corrected chi connectivity index (χ4v) is 6.85. The number of allylic oxidation sites excluding steroid dienone is 2. The van der Waals surface area contributed by atoms with Crippen molar-refractivity contribution in [3.8, 4) is 11.5 Å². The minimum Gasteiger partial charge on any atom is -0.507 e. The number of aliphatic imine (C=N–C) groups is 2. The molecular weight excluding hydrogens is 735 g/mol. The fourth-order valence-electron chi connectivity index (χ4n) is 6.85. The third-order valence-corrected chi connectivity index (χ3v) is 10.5. The molecule has 0 aliphatic heterocycles. The van der Waals surface area contributed by atoms with E-state index in [1.54, 1.807) is 6.08 Å². The number of rotatable bonds is 6. The third kappa shape index (κ3) is 12.8. The van der Waals surface area contributed by atoms with Gasteiger partial charge in [-0.1, -0.05) is 114 Å². The maximum atomic E-state index is 11.3. The fraction of sp³-hybridized carbons (Fsp3) is 0.609. The molecule has 0 saturated heterocycles.